The Bertz CT molecular complexity index is 1070. The number of piperidine rings is 2. The molecule has 5 rings (SSSR count). The van der Waals surface area contributed by atoms with E-state index in [9.17, 15) is 4.79 Å². The fourth-order valence-electron chi connectivity index (χ4n) is 5.36. The second-order valence-electron chi connectivity index (χ2n) is 10.7. The predicted molar refractivity (Wildman–Crippen MR) is 132 cm³/mol. The van der Waals surface area contributed by atoms with Crippen molar-refractivity contribution in [1.82, 2.24) is 25.1 Å². The van der Waals surface area contributed by atoms with Gasteiger partial charge in [-0.05, 0) is 72.6 Å². The van der Waals surface area contributed by atoms with E-state index in [-0.39, 0.29) is 24.2 Å². The first-order valence-electron chi connectivity index (χ1n) is 12.4. The van der Waals surface area contributed by atoms with Gasteiger partial charge >= 0.3 is 6.09 Å². The molecule has 1 aliphatic carbocycles. The summed E-state index contributed by atoms with van der Waals surface area (Å²) >= 11 is 0. The third kappa shape index (κ3) is 4.88. The Morgan fingerprint density at radius 1 is 1.21 bits per heavy atom. The van der Waals surface area contributed by atoms with E-state index in [1.807, 2.05) is 38.7 Å². The minimum Gasteiger partial charge on any atom is -0.444 e. The molecule has 182 valence electrons. The summed E-state index contributed by atoms with van der Waals surface area (Å²) in [6.07, 6.45) is 10.8. The maximum absolute atomic E-state index is 12.9. The van der Waals surface area contributed by atoms with Crippen LogP contribution < -0.4 is 10.6 Å². The standard InChI is InChI=1S/C25H35N7O2/c1-15-12-21(31-30-15)28-22-19-10-5-6-11-20(19)27-23(29-22)26-16-13-17-8-7-9-18(14-16)32(17)24(33)34-25(2,3)4/h5,10,12,16-18H,6-9,11,13-14H2,1-4H3,(H3,26,27,28,29,30,31)/t16-,17-,18+. The highest BCUT2D eigenvalue weighted by atomic mass is 16.6. The Balaban J connectivity index is 1.34. The molecule has 0 radical (unpaired) electrons. The van der Waals surface area contributed by atoms with Crippen LogP contribution in [-0.2, 0) is 11.2 Å². The minimum absolute atomic E-state index is 0.182. The monoisotopic (exact) mass is 465 g/mol. The fourth-order valence-corrected chi connectivity index (χ4v) is 5.36. The van der Waals surface area contributed by atoms with E-state index in [0.717, 1.165) is 73.5 Å². The molecule has 3 N–H and O–H groups in total. The van der Waals surface area contributed by atoms with Gasteiger partial charge in [0, 0.05) is 35.4 Å². The van der Waals surface area contributed by atoms with Gasteiger partial charge in [-0.1, -0.05) is 12.2 Å². The molecule has 0 unspecified atom stereocenters. The Hall–Kier alpha value is -3.10. The Morgan fingerprint density at radius 3 is 2.65 bits per heavy atom. The maximum Gasteiger partial charge on any atom is 0.410 e. The van der Waals surface area contributed by atoms with Gasteiger partial charge in [0.25, 0.3) is 0 Å². The number of rotatable bonds is 4. The van der Waals surface area contributed by atoms with Gasteiger partial charge in [0.1, 0.15) is 11.4 Å². The van der Waals surface area contributed by atoms with Crippen LogP contribution in [0, 0.1) is 6.92 Å². The molecular weight excluding hydrogens is 430 g/mol. The van der Waals surface area contributed by atoms with Gasteiger partial charge in [0.15, 0.2) is 5.82 Å². The third-order valence-electron chi connectivity index (χ3n) is 6.72. The largest absolute Gasteiger partial charge is 0.444 e. The van der Waals surface area contributed by atoms with E-state index in [0.29, 0.717) is 5.95 Å². The molecule has 2 aliphatic heterocycles. The van der Waals surface area contributed by atoms with Crippen molar-refractivity contribution < 1.29 is 9.53 Å². The maximum atomic E-state index is 12.9. The summed E-state index contributed by atoms with van der Waals surface area (Å²) in [6, 6.07) is 2.54. The molecule has 9 nitrogen and oxygen atoms in total. The molecule has 0 saturated carbocycles. The third-order valence-corrected chi connectivity index (χ3v) is 6.72. The van der Waals surface area contributed by atoms with Gasteiger partial charge in [0.2, 0.25) is 5.95 Å². The van der Waals surface area contributed by atoms with E-state index in [2.05, 4.69) is 33.0 Å². The van der Waals surface area contributed by atoms with Gasteiger partial charge in [-0.2, -0.15) is 10.1 Å². The summed E-state index contributed by atoms with van der Waals surface area (Å²) in [6.45, 7) is 7.75. The molecule has 4 heterocycles. The molecule has 2 aromatic rings. The zero-order chi connectivity index (χ0) is 23.9. The van der Waals surface area contributed by atoms with Crippen molar-refractivity contribution in [1.29, 1.82) is 0 Å². The van der Waals surface area contributed by atoms with Gasteiger partial charge in [0.05, 0.1) is 5.69 Å². The number of aromatic nitrogens is 4. The second kappa shape index (κ2) is 8.92. The average molecular weight is 466 g/mol. The lowest BCUT2D eigenvalue weighted by Gasteiger charge is -2.48. The van der Waals surface area contributed by atoms with E-state index in [4.69, 9.17) is 14.7 Å². The topological polar surface area (TPSA) is 108 Å². The molecule has 2 saturated heterocycles. The first-order chi connectivity index (χ1) is 16.2. The fraction of sp³-hybridized carbons (Fsp3) is 0.600. The van der Waals surface area contributed by atoms with E-state index in [1.165, 1.54) is 0 Å². The summed E-state index contributed by atoms with van der Waals surface area (Å²) < 4.78 is 5.72. The Labute approximate surface area is 200 Å². The summed E-state index contributed by atoms with van der Waals surface area (Å²) in [5.74, 6) is 2.14. The zero-order valence-corrected chi connectivity index (χ0v) is 20.5. The zero-order valence-electron chi connectivity index (χ0n) is 20.5. The summed E-state index contributed by atoms with van der Waals surface area (Å²) in [7, 11) is 0. The smallest absolute Gasteiger partial charge is 0.410 e. The van der Waals surface area contributed by atoms with Crippen LogP contribution in [-0.4, -0.2) is 54.9 Å². The molecule has 1 amide bonds. The predicted octanol–water partition coefficient (Wildman–Crippen LogP) is 4.94. The highest BCUT2D eigenvalue weighted by Gasteiger charge is 2.42. The molecule has 0 aromatic carbocycles. The average Bonchev–Trinajstić information content (AvgIpc) is 3.16. The highest BCUT2D eigenvalue weighted by Crippen LogP contribution is 2.36. The number of hydrogen-bond acceptors (Lipinski definition) is 7. The number of amides is 1. The summed E-state index contributed by atoms with van der Waals surface area (Å²) in [5.41, 5.74) is 2.57. The lowest BCUT2D eigenvalue weighted by Crippen LogP contribution is -2.58. The van der Waals surface area contributed by atoms with E-state index in [1.54, 1.807) is 0 Å². The number of allylic oxidation sites excluding steroid dienone is 1. The van der Waals surface area contributed by atoms with Crippen LogP contribution >= 0.6 is 0 Å². The number of nitrogens with one attached hydrogen (secondary N) is 3. The summed E-state index contributed by atoms with van der Waals surface area (Å²) in [5, 5.41) is 14.2. The van der Waals surface area contributed by atoms with E-state index >= 15 is 0 Å². The van der Waals surface area contributed by atoms with Crippen molar-refractivity contribution >= 4 is 29.8 Å². The SMILES string of the molecule is Cc1cc(Nc2nc(N[C@@H]3C[C@H]4CCC[C@@H](C3)N4C(=O)OC(C)(C)C)nc3c2C=CCC3)n[nH]1. The van der Waals surface area contributed by atoms with Crippen molar-refractivity contribution in [2.75, 3.05) is 10.6 Å². The van der Waals surface area contributed by atoms with Crippen molar-refractivity contribution in [3.8, 4) is 0 Å². The molecule has 34 heavy (non-hydrogen) atoms. The number of aryl methyl sites for hydroxylation is 2. The lowest BCUT2D eigenvalue weighted by molar-refractivity contribution is -0.0199. The molecular formula is C25H35N7O2. The molecule has 3 aliphatic rings. The van der Waals surface area contributed by atoms with Gasteiger partial charge < -0.3 is 20.3 Å². The molecule has 3 atom stereocenters. The van der Waals surface area contributed by atoms with Crippen LogP contribution in [0.3, 0.4) is 0 Å². The first-order valence-corrected chi connectivity index (χ1v) is 12.4. The molecule has 2 aromatic heterocycles. The Kier molecular flexibility index (Phi) is 5.95. The number of fused-ring (bicyclic) bond motifs is 3. The van der Waals surface area contributed by atoms with Crippen molar-refractivity contribution in [3.63, 3.8) is 0 Å². The van der Waals surface area contributed by atoms with Crippen molar-refractivity contribution in [2.45, 2.75) is 96.4 Å². The lowest BCUT2D eigenvalue weighted by atomic mass is 9.82. The Morgan fingerprint density at radius 2 is 1.97 bits per heavy atom. The van der Waals surface area contributed by atoms with Crippen LogP contribution in [0.1, 0.15) is 76.2 Å². The first kappa shape index (κ1) is 22.7. The van der Waals surface area contributed by atoms with Crippen LogP contribution in [0.4, 0.5) is 22.4 Å². The van der Waals surface area contributed by atoms with Gasteiger partial charge in [-0.3, -0.25) is 5.10 Å². The van der Waals surface area contributed by atoms with Gasteiger partial charge in [-0.25, -0.2) is 9.78 Å². The highest BCUT2D eigenvalue weighted by molar-refractivity contribution is 5.71. The quantitative estimate of drug-likeness (QED) is 0.587. The number of anilines is 3. The number of hydrogen-bond donors (Lipinski definition) is 3. The van der Waals surface area contributed by atoms with Crippen LogP contribution in [0.15, 0.2) is 12.1 Å². The van der Waals surface area contributed by atoms with Crippen LogP contribution in [0.5, 0.6) is 0 Å². The number of nitrogens with zero attached hydrogens (tertiary/aromatic N) is 4. The minimum atomic E-state index is -0.484. The van der Waals surface area contributed by atoms with Crippen molar-refractivity contribution in [2.24, 2.45) is 0 Å². The molecule has 2 bridgehead atoms. The van der Waals surface area contributed by atoms with Crippen LogP contribution in [0.25, 0.3) is 6.08 Å². The number of H-pyrrole nitrogens is 1. The number of carbonyl (C=O) groups is 1. The van der Waals surface area contributed by atoms with Crippen LogP contribution in [0.2, 0.25) is 0 Å². The summed E-state index contributed by atoms with van der Waals surface area (Å²) in [4.78, 5) is 24.6. The molecule has 0 spiro atoms. The number of carbonyl (C=O) groups excluding carboxylic acids is 1. The van der Waals surface area contributed by atoms with Crippen molar-refractivity contribution in [3.05, 3.63) is 29.1 Å². The normalized spacial score (nSPS) is 23.9. The molecule has 9 heteroatoms. The van der Waals surface area contributed by atoms with Gasteiger partial charge in [-0.15, -0.1) is 0 Å². The second-order valence-corrected chi connectivity index (χ2v) is 10.7. The number of aromatic amines is 1. The number of ether oxygens (including phenoxy) is 1. The van der Waals surface area contributed by atoms with E-state index < -0.39 is 5.60 Å². The molecule has 2 fully saturated rings.